The summed E-state index contributed by atoms with van der Waals surface area (Å²) in [5.74, 6) is 0.539. The molecule has 5 N–H and O–H groups in total. The summed E-state index contributed by atoms with van der Waals surface area (Å²) in [4.78, 5) is 0. The van der Waals surface area contributed by atoms with Crippen molar-refractivity contribution in [3.63, 3.8) is 0 Å². The number of rotatable bonds is 3. The number of phenolic OH excluding ortho intramolecular Hbond substituents is 1. The highest BCUT2D eigenvalue weighted by molar-refractivity contribution is 5.53. The molecular formula is C10H16N2O. The standard InChI is InChI=1S/C10H16N2O/c1-7(4-5-11)8-2-3-10(13)9(12)6-8/h2-3,6-7,13H,4-5,11-12H2,1H3. The average molecular weight is 180 g/mol. The van der Waals surface area contributed by atoms with Gasteiger partial charge in [0.1, 0.15) is 5.75 Å². The third kappa shape index (κ3) is 2.36. The van der Waals surface area contributed by atoms with Crippen molar-refractivity contribution in [2.45, 2.75) is 19.3 Å². The van der Waals surface area contributed by atoms with Gasteiger partial charge in [-0.1, -0.05) is 13.0 Å². The third-order valence-electron chi connectivity index (χ3n) is 2.22. The van der Waals surface area contributed by atoms with Crippen LogP contribution in [0.4, 0.5) is 5.69 Å². The van der Waals surface area contributed by atoms with E-state index in [1.165, 1.54) is 0 Å². The Kier molecular flexibility index (Phi) is 3.14. The van der Waals surface area contributed by atoms with Gasteiger partial charge in [0.05, 0.1) is 5.69 Å². The zero-order chi connectivity index (χ0) is 9.84. The van der Waals surface area contributed by atoms with Gasteiger partial charge in [-0.05, 0) is 36.6 Å². The maximum absolute atomic E-state index is 9.21. The number of phenols is 1. The van der Waals surface area contributed by atoms with E-state index in [2.05, 4.69) is 6.92 Å². The third-order valence-corrected chi connectivity index (χ3v) is 2.22. The van der Waals surface area contributed by atoms with Crippen LogP contribution in [0.2, 0.25) is 0 Å². The predicted octanol–water partition coefficient (Wildman–Crippen LogP) is 1.43. The highest BCUT2D eigenvalue weighted by Gasteiger charge is 2.06. The van der Waals surface area contributed by atoms with E-state index in [-0.39, 0.29) is 5.75 Å². The Balaban J connectivity index is 2.84. The molecule has 0 fully saturated rings. The van der Waals surface area contributed by atoms with Gasteiger partial charge < -0.3 is 16.6 Å². The Hall–Kier alpha value is -1.22. The Morgan fingerprint density at radius 1 is 1.46 bits per heavy atom. The lowest BCUT2D eigenvalue weighted by atomic mass is 9.97. The summed E-state index contributed by atoms with van der Waals surface area (Å²) in [6.07, 6.45) is 0.935. The Labute approximate surface area is 78.4 Å². The van der Waals surface area contributed by atoms with Crippen LogP contribution in [0, 0.1) is 0 Å². The van der Waals surface area contributed by atoms with Gasteiger partial charge in [-0.2, -0.15) is 0 Å². The zero-order valence-electron chi connectivity index (χ0n) is 7.83. The van der Waals surface area contributed by atoms with Gasteiger partial charge in [0.15, 0.2) is 0 Å². The monoisotopic (exact) mass is 180 g/mol. The smallest absolute Gasteiger partial charge is 0.138 e. The molecule has 1 rings (SSSR count). The summed E-state index contributed by atoms with van der Waals surface area (Å²) in [7, 11) is 0. The number of benzene rings is 1. The quantitative estimate of drug-likeness (QED) is 0.486. The molecule has 0 aromatic heterocycles. The minimum absolute atomic E-state index is 0.142. The number of aromatic hydroxyl groups is 1. The van der Waals surface area contributed by atoms with Crippen LogP contribution in [0.3, 0.4) is 0 Å². The molecule has 3 nitrogen and oxygen atoms in total. The van der Waals surface area contributed by atoms with Gasteiger partial charge in [-0.3, -0.25) is 0 Å². The van der Waals surface area contributed by atoms with Crippen LogP contribution in [-0.2, 0) is 0 Å². The van der Waals surface area contributed by atoms with Gasteiger partial charge in [-0.25, -0.2) is 0 Å². The second-order valence-electron chi connectivity index (χ2n) is 3.30. The van der Waals surface area contributed by atoms with E-state index in [1.54, 1.807) is 12.1 Å². The van der Waals surface area contributed by atoms with Crippen LogP contribution in [0.25, 0.3) is 0 Å². The molecule has 13 heavy (non-hydrogen) atoms. The van der Waals surface area contributed by atoms with Crippen molar-refractivity contribution in [3.8, 4) is 5.75 Å². The predicted molar refractivity (Wildman–Crippen MR) is 54.6 cm³/mol. The van der Waals surface area contributed by atoms with Crippen LogP contribution in [0.1, 0.15) is 24.8 Å². The summed E-state index contributed by atoms with van der Waals surface area (Å²) in [6, 6.07) is 5.30. The van der Waals surface area contributed by atoms with Crippen molar-refractivity contribution < 1.29 is 5.11 Å². The van der Waals surface area contributed by atoms with Crippen molar-refractivity contribution in [3.05, 3.63) is 23.8 Å². The van der Waals surface area contributed by atoms with Crippen LogP contribution in [0.5, 0.6) is 5.75 Å². The van der Waals surface area contributed by atoms with E-state index < -0.39 is 0 Å². The van der Waals surface area contributed by atoms with Gasteiger partial charge >= 0.3 is 0 Å². The summed E-state index contributed by atoms with van der Waals surface area (Å²) in [6.45, 7) is 2.76. The van der Waals surface area contributed by atoms with Crippen molar-refractivity contribution in [1.29, 1.82) is 0 Å². The summed E-state index contributed by atoms with van der Waals surface area (Å²) in [5.41, 5.74) is 12.6. The summed E-state index contributed by atoms with van der Waals surface area (Å²) in [5, 5.41) is 9.21. The second kappa shape index (κ2) is 4.14. The van der Waals surface area contributed by atoms with Crippen molar-refractivity contribution >= 4 is 5.69 Å². The summed E-state index contributed by atoms with van der Waals surface area (Å²) < 4.78 is 0. The van der Waals surface area contributed by atoms with Crippen LogP contribution < -0.4 is 11.5 Å². The van der Waals surface area contributed by atoms with E-state index in [0.29, 0.717) is 18.2 Å². The Morgan fingerprint density at radius 3 is 2.69 bits per heavy atom. The highest BCUT2D eigenvalue weighted by Crippen LogP contribution is 2.26. The van der Waals surface area contributed by atoms with E-state index in [4.69, 9.17) is 11.5 Å². The molecule has 0 amide bonds. The molecule has 1 aromatic carbocycles. The number of anilines is 1. The van der Waals surface area contributed by atoms with Gasteiger partial charge in [0.25, 0.3) is 0 Å². The topological polar surface area (TPSA) is 72.3 Å². The van der Waals surface area contributed by atoms with E-state index >= 15 is 0 Å². The zero-order valence-corrected chi connectivity index (χ0v) is 7.83. The van der Waals surface area contributed by atoms with Crippen LogP contribution >= 0.6 is 0 Å². The van der Waals surface area contributed by atoms with Gasteiger partial charge in [0.2, 0.25) is 0 Å². The minimum Gasteiger partial charge on any atom is -0.506 e. The normalized spacial score (nSPS) is 12.8. The first-order valence-corrected chi connectivity index (χ1v) is 4.43. The molecule has 72 valence electrons. The summed E-state index contributed by atoms with van der Waals surface area (Å²) >= 11 is 0. The molecule has 0 spiro atoms. The number of hydrogen-bond acceptors (Lipinski definition) is 3. The lowest BCUT2D eigenvalue weighted by Crippen LogP contribution is -2.04. The fraction of sp³-hybridized carbons (Fsp3) is 0.400. The Morgan fingerprint density at radius 2 is 2.15 bits per heavy atom. The molecule has 0 bridgehead atoms. The number of nitrogen functional groups attached to an aromatic ring is 1. The molecular weight excluding hydrogens is 164 g/mol. The number of hydrogen-bond donors (Lipinski definition) is 3. The molecule has 1 atom stereocenters. The van der Waals surface area contributed by atoms with Crippen molar-refractivity contribution in [2.75, 3.05) is 12.3 Å². The molecule has 3 heteroatoms. The van der Waals surface area contributed by atoms with Crippen LogP contribution in [-0.4, -0.2) is 11.7 Å². The Bertz CT molecular complexity index is 286. The lowest BCUT2D eigenvalue weighted by molar-refractivity contribution is 0.477. The molecule has 0 heterocycles. The number of nitrogens with two attached hydrogens (primary N) is 2. The highest BCUT2D eigenvalue weighted by atomic mass is 16.3. The fourth-order valence-electron chi connectivity index (χ4n) is 1.30. The first-order valence-electron chi connectivity index (χ1n) is 4.43. The van der Waals surface area contributed by atoms with Gasteiger partial charge in [-0.15, -0.1) is 0 Å². The minimum atomic E-state index is 0.142. The second-order valence-corrected chi connectivity index (χ2v) is 3.30. The maximum atomic E-state index is 9.21. The van der Waals surface area contributed by atoms with E-state index in [0.717, 1.165) is 12.0 Å². The SMILES string of the molecule is CC(CCN)c1ccc(O)c(N)c1. The first-order chi connectivity index (χ1) is 6.15. The largest absolute Gasteiger partial charge is 0.506 e. The fourth-order valence-corrected chi connectivity index (χ4v) is 1.30. The molecule has 0 aliphatic rings. The average Bonchev–Trinajstić information content (AvgIpc) is 2.10. The molecule has 0 saturated heterocycles. The lowest BCUT2D eigenvalue weighted by Gasteiger charge is -2.11. The molecule has 0 aliphatic carbocycles. The maximum Gasteiger partial charge on any atom is 0.138 e. The van der Waals surface area contributed by atoms with E-state index in [1.807, 2.05) is 6.07 Å². The first kappa shape index (κ1) is 9.86. The molecule has 1 unspecified atom stereocenters. The van der Waals surface area contributed by atoms with Crippen molar-refractivity contribution in [2.24, 2.45) is 5.73 Å². The molecule has 0 saturated carbocycles. The molecule has 0 radical (unpaired) electrons. The van der Waals surface area contributed by atoms with Crippen molar-refractivity contribution in [1.82, 2.24) is 0 Å². The van der Waals surface area contributed by atoms with Crippen LogP contribution in [0.15, 0.2) is 18.2 Å². The molecule has 1 aromatic rings. The molecule has 0 aliphatic heterocycles. The van der Waals surface area contributed by atoms with Gasteiger partial charge in [0, 0.05) is 0 Å². The van der Waals surface area contributed by atoms with E-state index in [9.17, 15) is 5.11 Å².